The Hall–Kier alpha value is -1.88. The van der Waals surface area contributed by atoms with Crippen LogP contribution in [0.3, 0.4) is 0 Å². The Labute approximate surface area is 112 Å². The Bertz CT molecular complexity index is 591. The van der Waals surface area contributed by atoms with Gasteiger partial charge in [-0.3, -0.25) is 0 Å². The summed E-state index contributed by atoms with van der Waals surface area (Å²) in [5.41, 5.74) is 9.36. The normalized spacial score (nSPS) is 16.3. The molecular formula is C14H18N4O. The largest absolute Gasteiger partial charge is 0.374 e. The van der Waals surface area contributed by atoms with Crippen LogP contribution in [0.4, 0.5) is 5.69 Å². The summed E-state index contributed by atoms with van der Waals surface area (Å²) in [6.45, 7) is 2.95. The van der Waals surface area contributed by atoms with Crippen molar-refractivity contribution in [1.82, 2.24) is 10.1 Å². The van der Waals surface area contributed by atoms with Gasteiger partial charge in [0.05, 0.1) is 6.04 Å². The molecule has 3 rings (SSSR count). The van der Waals surface area contributed by atoms with Crippen LogP contribution in [0.1, 0.15) is 30.8 Å². The predicted molar refractivity (Wildman–Crippen MR) is 73.9 cm³/mol. The second-order valence-corrected chi connectivity index (χ2v) is 5.11. The zero-order chi connectivity index (χ0) is 13.4. The van der Waals surface area contributed by atoms with Crippen LogP contribution in [0, 0.1) is 0 Å². The van der Waals surface area contributed by atoms with E-state index in [-0.39, 0.29) is 6.04 Å². The highest BCUT2D eigenvalue weighted by atomic mass is 16.5. The number of benzene rings is 1. The molecule has 1 atom stereocenters. The maximum atomic E-state index is 5.73. The maximum absolute atomic E-state index is 5.73. The number of nitrogens with two attached hydrogens (primary N) is 1. The molecule has 0 bridgehead atoms. The van der Waals surface area contributed by atoms with Crippen molar-refractivity contribution in [2.75, 3.05) is 18.5 Å². The fourth-order valence-electron chi connectivity index (χ4n) is 2.46. The first kappa shape index (κ1) is 12.2. The van der Waals surface area contributed by atoms with Crippen molar-refractivity contribution in [1.29, 1.82) is 0 Å². The molecule has 0 saturated carbocycles. The number of fused-ring (bicyclic) bond motifs is 1. The molecule has 1 aliphatic rings. The topological polar surface area (TPSA) is 68.2 Å². The van der Waals surface area contributed by atoms with Crippen LogP contribution in [-0.4, -0.2) is 23.7 Å². The second kappa shape index (κ2) is 4.66. The zero-order valence-electron chi connectivity index (χ0n) is 11.3. The molecular weight excluding hydrogens is 240 g/mol. The van der Waals surface area contributed by atoms with Crippen molar-refractivity contribution < 1.29 is 4.52 Å². The van der Waals surface area contributed by atoms with Crippen molar-refractivity contribution in [3.05, 3.63) is 29.7 Å². The summed E-state index contributed by atoms with van der Waals surface area (Å²) in [5.74, 6) is 1.09. The van der Waals surface area contributed by atoms with Gasteiger partial charge in [0.1, 0.15) is 0 Å². The van der Waals surface area contributed by atoms with E-state index < -0.39 is 0 Å². The Morgan fingerprint density at radius 3 is 3.00 bits per heavy atom. The van der Waals surface area contributed by atoms with Crippen LogP contribution in [-0.2, 0) is 6.42 Å². The first-order valence-electron chi connectivity index (χ1n) is 6.59. The van der Waals surface area contributed by atoms with Crippen molar-refractivity contribution in [2.24, 2.45) is 5.73 Å². The fourth-order valence-corrected chi connectivity index (χ4v) is 2.46. The van der Waals surface area contributed by atoms with Crippen molar-refractivity contribution in [3.8, 4) is 11.4 Å². The van der Waals surface area contributed by atoms with Crippen LogP contribution >= 0.6 is 0 Å². The smallest absolute Gasteiger partial charge is 0.243 e. The van der Waals surface area contributed by atoms with Crippen LogP contribution in [0.15, 0.2) is 22.7 Å². The Morgan fingerprint density at radius 2 is 2.26 bits per heavy atom. The molecule has 2 aromatic rings. The minimum atomic E-state index is -0.231. The van der Waals surface area contributed by atoms with Crippen molar-refractivity contribution >= 4 is 5.69 Å². The highest BCUT2D eigenvalue weighted by molar-refractivity contribution is 5.65. The maximum Gasteiger partial charge on any atom is 0.243 e. The minimum Gasteiger partial charge on any atom is -0.374 e. The predicted octanol–water partition coefficient (Wildman–Crippen LogP) is 2.14. The van der Waals surface area contributed by atoms with Crippen molar-refractivity contribution in [2.45, 2.75) is 25.8 Å². The quantitative estimate of drug-likeness (QED) is 0.893. The first-order chi connectivity index (χ1) is 9.15. The van der Waals surface area contributed by atoms with E-state index in [4.69, 9.17) is 10.3 Å². The van der Waals surface area contributed by atoms with Crippen LogP contribution in [0.2, 0.25) is 0 Å². The Kier molecular flexibility index (Phi) is 2.98. The molecule has 2 N–H and O–H groups in total. The third-order valence-electron chi connectivity index (χ3n) is 3.52. The van der Waals surface area contributed by atoms with Gasteiger partial charge in [-0.2, -0.15) is 4.98 Å². The molecule has 1 aromatic heterocycles. The number of nitrogens with zero attached hydrogens (tertiary/aromatic N) is 3. The third kappa shape index (κ3) is 2.21. The third-order valence-corrected chi connectivity index (χ3v) is 3.52. The van der Waals surface area contributed by atoms with Crippen LogP contribution in [0.25, 0.3) is 11.4 Å². The summed E-state index contributed by atoms with van der Waals surface area (Å²) in [5, 5.41) is 4.00. The summed E-state index contributed by atoms with van der Waals surface area (Å²) < 4.78 is 5.15. The molecule has 100 valence electrons. The number of rotatable bonds is 2. The van der Waals surface area contributed by atoms with Gasteiger partial charge in [-0.05, 0) is 43.5 Å². The molecule has 0 aliphatic carbocycles. The summed E-state index contributed by atoms with van der Waals surface area (Å²) >= 11 is 0. The lowest BCUT2D eigenvalue weighted by Crippen LogP contribution is -2.24. The van der Waals surface area contributed by atoms with E-state index in [0.717, 1.165) is 18.5 Å². The number of anilines is 1. The molecule has 1 aromatic carbocycles. The van der Waals surface area contributed by atoms with Gasteiger partial charge < -0.3 is 15.2 Å². The molecule has 0 unspecified atom stereocenters. The molecule has 0 fully saturated rings. The molecule has 5 nitrogen and oxygen atoms in total. The highest BCUT2D eigenvalue weighted by Crippen LogP contribution is 2.30. The van der Waals surface area contributed by atoms with E-state index in [1.165, 1.54) is 17.7 Å². The standard InChI is InChI=1S/C14H18N4O/c1-9(15)14-16-13(17-19-14)11-5-6-12-10(8-11)4-3-7-18(12)2/h5-6,8-9H,3-4,7,15H2,1-2H3/t9-/m0/s1. The summed E-state index contributed by atoms with van der Waals surface area (Å²) in [6.07, 6.45) is 2.29. The minimum absolute atomic E-state index is 0.231. The molecule has 5 heteroatoms. The highest BCUT2D eigenvalue weighted by Gasteiger charge is 2.17. The van der Waals surface area contributed by atoms with Gasteiger partial charge in [-0.1, -0.05) is 5.16 Å². The van der Waals surface area contributed by atoms with Gasteiger partial charge in [0.15, 0.2) is 0 Å². The van der Waals surface area contributed by atoms with Gasteiger partial charge >= 0.3 is 0 Å². The van der Waals surface area contributed by atoms with Gasteiger partial charge in [0.25, 0.3) is 0 Å². The summed E-state index contributed by atoms with van der Waals surface area (Å²) in [4.78, 5) is 6.62. The molecule has 1 aliphatic heterocycles. The van der Waals surface area contributed by atoms with Gasteiger partial charge in [-0.15, -0.1) is 0 Å². The van der Waals surface area contributed by atoms with Gasteiger partial charge in [0, 0.05) is 24.8 Å². The average Bonchev–Trinajstić information content (AvgIpc) is 2.88. The Balaban J connectivity index is 1.97. The molecule has 0 amide bonds. The SMILES string of the molecule is C[C@H](N)c1nc(-c2ccc3c(c2)CCCN3C)no1. The number of hydrogen-bond acceptors (Lipinski definition) is 5. The fraction of sp³-hybridized carbons (Fsp3) is 0.429. The average molecular weight is 258 g/mol. The molecule has 2 heterocycles. The van der Waals surface area contributed by atoms with E-state index in [0.29, 0.717) is 11.7 Å². The van der Waals surface area contributed by atoms with Crippen molar-refractivity contribution in [3.63, 3.8) is 0 Å². The lowest BCUT2D eigenvalue weighted by atomic mass is 9.99. The second-order valence-electron chi connectivity index (χ2n) is 5.11. The monoisotopic (exact) mass is 258 g/mol. The zero-order valence-corrected chi connectivity index (χ0v) is 11.3. The van der Waals surface area contributed by atoms with Crippen LogP contribution < -0.4 is 10.6 Å². The van der Waals surface area contributed by atoms with E-state index in [1.807, 2.05) is 13.0 Å². The molecule has 19 heavy (non-hydrogen) atoms. The number of aromatic nitrogens is 2. The van der Waals surface area contributed by atoms with Crippen LogP contribution in [0.5, 0.6) is 0 Å². The molecule has 0 spiro atoms. The lowest BCUT2D eigenvalue weighted by Gasteiger charge is -2.27. The van der Waals surface area contributed by atoms with E-state index >= 15 is 0 Å². The summed E-state index contributed by atoms with van der Waals surface area (Å²) in [6, 6.07) is 6.09. The molecule has 0 saturated heterocycles. The molecule has 0 radical (unpaired) electrons. The summed E-state index contributed by atoms with van der Waals surface area (Å²) in [7, 11) is 2.13. The Morgan fingerprint density at radius 1 is 1.42 bits per heavy atom. The number of aryl methyl sites for hydroxylation is 1. The van der Waals surface area contributed by atoms with Gasteiger partial charge in [0.2, 0.25) is 11.7 Å². The van der Waals surface area contributed by atoms with E-state index in [2.05, 4.69) is 34.2 Å². The van der Waals surface area contributed by atoms with E-state index in [9.17, 15) is 0 Å². The van der Waals surface area contributed by atoms with E-state index in [1.54, 1.807) is 0 Å². The first-order valence-corrected chi connectivity index (χ1v) is 6.59. The van der Waals surface area contributed by atoms with Gasteiger partial charge in [-0.25, -0.2) is 0 Å². The number of hydrogen-bond donors (Lipinski definition) is 1. The lowest BCUT2D eigenvalue weighted by molar-refractivity contribution is 0.362.